The second-order valence-electron chi connectivity index (χ2n) is 10.4. The molecule has 2 aromatic carbocycles. The summed E-state index contributed by atoms with van der Waals surface area (Å²) in [6, 6.07) is 13.2. The smallest absolute Gasteiger partial charge is 0.338 e. The van der Waals surface area contributed by atoms with Gasteiger partial charge in [0, 0.05) is 23.3 Å². The SMILES string of the molecule is CCOc1ccc([C@H]2C(C(=O)OC(C)C)=C(C)N=c3s/c(=C/c4ccc(-c5cc(C)c(C)c([N+](=O)[O-])c5)o4)c(=O)n32)cc1. The first-order valence-corrected chi connectivity index (χ1v) is 14.6. The molecule has 11 heteroatoms. The molecule has 1 atom stereocenters. The van der Waals surface area contributed by atoms with Crippen LogP contribution in [-0.4, -0.2) is 28.2 Å². The first-order chi connectivity index (χ1) is 20.5. The van der Waals surface area contributed by atoms with Crippen LogP contribution in [0, 0.1) is 24.0 Å². The molecule has 1 aliphatic rings. The minimum atomic E-state index is -0.761. The van der Waals surface area contributed by atoms with E-state index in [1.807, 2.05) is 32.0 Å². The maximum absolute atomic E-state index is 13.9. The summed E-state index contributed by atoms with van der Waals surface area (Å²) in [5, 5.41) is 11.5. The average molecular weight is 602 g/mol. The van der Waals surface area contributed by atoms with Crippen LogP contribution in [0.25, 0.3) is 17.4 Å². The highest BCUT2D eigenvalue weighted by Crippen LogP contribution is 2.33. The molecule has 10 nitrogen and oxygen atoms in total. The molecule has 0 aliphatic carbocycles. The van der Waals surface area contributed by atoms with Crippen LogP contribution in [-0.2, 0) is 9.53 Å². The number of rotatable bonds is 8. The standard InChI is InChI=1S/C32H31N3O7S/c1-7-40-23-10-8-21(9-11-23)29-28(31(37)41-17(2)3)20(6)33-32-34(29)30(36)27(43-32)16-24-12-13-26(42-24)22-14-18(4)19(5)25(15-22)35(38)39/h8-17,29H,7H2,1-6H3/b27-16+/t29-/m0/s1. The third-order valence-electron chi connectivity index (χ3n) is 7.11. The number of benzene rings is 2. The van der Waals surface area contributed by atoms with Gasteiger partial charge in [-0.1, -0.05) is 23.5 Å². The lowest BCUT2D eigenvalue weighted by Crippen LogP contribution is -2.40. The first-order valence-electron chi connectivity index (χ1n) is 13.8. The zero-order valence-corrected chi connectivity index (χ0v) is 25.5. The number of nitro groups is 1. The van der Waals surface area contributed by atoms with Crippen molar-refractivity contribution >= 4 is 29.1 Å². The number of fused-ring (bicyclic) bond motifs is 1. The molecule has 1 aliphatic heterocycles. The van der Waals surface area contributed by atoms with Crippen LogP contribution < -0.4 is 19.6 Å². The number of nitro benzene ring substituents is 1. The highest BCUT2D eigenvalue weighted by molar-refractivity contribution is 7.07. The fourth-order valence-electron chi connectivity index (χ4n) is 4.98. The van der Waals surface area contributed by atoms with Gasteiger partial charge in [0.05, 0.1) is 39.5 Å². The van der Waals surface area contributed by atoms with Crippen molar-refractivity contribution < 1.29 is 23.6 Å². The minimum absolute atomic E-state index is 0.0118. The Kier molecular flexibility index (Phi) is 8.19. The molecule has 0 saturated heterocycles. The number of furan rings is 1. The summed E-state index contributed by atoms with van der Waals surface area (Å²) in [6.45, 7) is 11.2. The van der Waals surface area contributed by atoms with E-state index < -0.39 is 16.9 Å². The molecule has 0 unspecified atom stereocenters. The molecule has 2 aromatic heterocycles. The largest absolute Gasteiger partial charge is 0.494 e. The van der Waals surface area contributed by atoms with Gasteiger partial charge in [0.1, 0.15) is 17.3 Å². The van der Waals surface area contributed by atoms with E-state index in [1.165, 1.54) is 22.0 Å². The van der Waals surface area contributed by atoms with E-state index >= 15 is 0 Å². The van der Waals surface area contributed by atoms with E-state index in [-0.39, 0.29) is 22.9 Å². The fraction of sp³-hybridized carbons (Fsp3) is 0.281. The Hall–Kier alpha value is -4.77. The fourth-order valence-corrected chi connectivity index (χ4v) is 6.00. The number of nitrogens with zero attached hydrogens (tertiary/aromatic N) is 3. The highest BCUT2D eigenvalue weighted by atomic mass is 32.1. The molecule has 43 heavy (non-hydrogen) atoms. The Morgan fingerprint density at radius 3 is 2.53 bits per heavy atom. The van der Waals surface area contributed by atoms with Gasteiger partial charge in [-0.25, -0.2) is 9.79 Å². The normalized spacial score (nSPS) is 15.0. The summed E-state index contributed by atoms with van der Waals surface area (Å²) in [4.78, 5) is 43.4. The minimum Gasteiger partial charge on any atom is -0.494 e. The molecule has 0 amide bonds. The number of esters is 1. The van der Waals surface area contributed by atoms with Gasteiger partial charge in [-0.15, -0.1) is 0 Å². The Morgan fingerprint density at radius 2 is 1.88 bits per heavy atom. The van der Waals surface area contributed by atoms with Crippen molar-refractivity contribution in [3.63, 3.8) is 0 Å². The van der Waals surface area contributed by atoms with E-state index in [9.17, 15) is 19.7 Å². The van der Waals surface area contributed by atoms with Gasteiger partial charge in [0.15, 0.2) is 4.80 Å². The maximum atomic E-state index is 13.9. The van der Waals surface area contributed by atoms with Crippen molar-refractivity contribution in [2.45, 2.75) is 53.7 Å². The number of thiazole rings is 1. The predicted molar refractivity (Wildman–Crippen MR) is 163 cm³/mol. The summed E-state index contributed by atoms with van der Waals surface area (Å²) < 4.78 is 19.0. The summed E-state index contributed by atoms with van der Waals surface area (Å²) in [5.74, 6) is 0.969. The van der Waals surface area contributed by atoms with E-state index in [1.54, 1.807) is 58.0 Å². The van der Waals surface area contributed by atoms with Gasteiger partial charge in [0.2, 0.25) is 0 Å². The molecule has 0 fully saturated rings. The van der Waals surface area contributed by atoms with Crippen molar-refractivity contribution in [1.29, 1.82) is 0 Å². The molecular weight excluding hydrogens is 570 g/mol. The number of aromatic nitrogens is 1. The van der Waals surface area contributed by atoms with Gasteiger partial charge in [-0.05, 0) is 83.0 Å². The average Bonchev–Trinajstić information content (AvgIpc) is 3.53. The quantitative estimate of drug-likeness (QED) is 0.151. The number of hydrogen-bond acceptors (Lipinski definition) is 9. The first kappa shape index (κ1) is 29.7. The molecule has 3 heterocycles. The molecule has 0 spiro atoms. The van der Waals surface area contributed by atoms with E-state index in [0.29, 0.717) is 55.6 Å². The van der Waals surface area contributed by atoms with Crippen LogP contribution in [0.3, 0.4) is 0 Å². The summed E-state index contributed by atoms with van der Waals surface area (Å²) in [6.07, 6.45) is 1.26. The van der Waals surface area contributed by atoms with Crippen molar-refractivity contribution in [3.05, 3.63) is 112 Å². The van der Waals surface area contributed by atoms with Crippen LogP contribution in [0.4, 0.5) is 5.69 Å². The second-order valence-corrected chi connectivity index (χ2v) is 11.4. The second kappa shape index (κ2) is 11.8. The van der Waals surface area contributed by atoms with E-state index in [4.69, 9.17) is 13.9 Å². The molecule has 222 valence electrons. The Labute approximate surface area is 251 Å². The van der Waals surface area contributed by atoms with Gasteiger partial charge in [-0.2, -0.15) is 0 Å². The van der Waals surface area contributed by atoms with E-state index in [2.05, 4.69) is 4.99 Å². The number of aryl methyl sites for hydroxylation is 1. The number of allylic oxidation sites excluding steroid dienone is 1. The Bertz CT molecular complexity index is 1950. The van der Waals surface area contributed by atoms with Gasteiger partial charge < -0.3 is 13.9 Å². The van der Waals surface area contributed by atoms with Gasteiger partial charge >= 0.3 is 5.97 Å². The molecule has 0 saturated carbocycles. The third kappa shape index (κ3) is 5.80. The van der Waals surface area contributed by atoms with Crippen LogP contribution >= 0.6 is 11.3 Å². The molecule has 4 aromatic rings. The predicted octanol–water partition coefficient (Wildman–Crippen LogP) is 5.37. The van der Waals surface area contributed by atoms with Crippen molar-refractivity contribution in [3.8, 4) is 17.1 Å². The molecule has 0 radical (unpaired) electrons. The van der Waals surface area contributed by atoms with Crippen LogP contribution in [0.15, 0.2) is 74.0 Å². The van der Waals surface area contributed by atoms with Crippen molar-refractivity contribution in [2.75, 3.05) is 6.61 Å². The van der Waals surface area contributed by atoms with Crippen LogP contribution in [0.1, 0.15) is 56.2 Å². The van der Waals surface area contributed by atoms with Gasteiger partial charge in [-0.3, -0.25) is 19.5 Å². The summed E-state index contributed by atoms with van der Waals surface area (Å²) >= 11 is 1.18. The van der Waals surface area contributed by atoms with Gasteiger partial charge in [0.25, 0.3) is 11.2 Å². The lowest BCUT2D eigenvalue weighted by molar-refractivity contribution is -0.385. The lowest BCUT2D eigenvalue weighted by atomic mass is 9.96. The number of carbonyl (C=O) groups is 1. The molecular formula is C32H31N3O7S. The lowest BCUT2D eigenvalue weighted by Gasteiger charge is -2.25. The topological polar surface area (TPSA) is 126 Å². The number of hydrogen-bond donors (Lipinski definition) is 0. The Balaban J connectivity index is 1.61. The van der Waals surface area contributed by atoms with Crippen molar-refractivity contribution in [1.82, 2.24) is 4.57 Å². The maximum Gasteiger partial charge on any atom is 0.338 e. The molecule has 0 N–H and O–H groups in total. The summed E-state index contributed by atoms with van der Waals surface area (Å²) in [7, 11) is 0. The Morgan fingerprint density at radius 1 is 1.16 bits per heavy atom. The van der Waals surface area contributed by atoms with E-state index in [0.717, 1.165) is 5.56 Å². The molecule has 5 rings (SSSR count). The zero-order chi connectivity index (χ0) is 31.0. The zero-order valence-electron chi connectivity index (χ0n) is 24.7. The van der Waals surface area contributed by atoms with Crippen molar-refractivity contribution in [2.24, 2.45) is 4.99 Å². The number of carbonyl (C=O) groups excluding carboxylic acids is 1. The molecule has 0 bridgehead atoms. The van der Waals surface area contributed by atoms with Crippen LogP contribution in [0.2, 0.25) is 0 Å². The monoisotopic (exact) mass is 601 g/mol. The highest BCUT2D eigenvalue weighted by Gasteiger charge is 2.34. The summed E-state index contributed by atoms with van der Waals surface area (Å²) in [5.41, 5.74) is 3.06. The number of ether oxygens (including phenoxy) is 2. The van der Waals surface area contributed by atoms with Crippen LogP contribution in [0.5, 0.6) is 5.75 Å². The third-order valence-corrected chi connectivity index (χ3v) is 8.10.